The Balaban J connectivity index is 2.12. The molecule has 2 rings (SSSR count). The van der Waals surface area contributed by atoms with Gasteiger partial charge in [-0.15, -0.1) is 0 Å². The lowest BCUT2D eigenvalue weighted by molar-refractivity contribution is 0.569. The minimum atomic E-state index is -0.276. The minimum absolute atomic E-state index is 0.208. The highest BCUT2D eigenvalue weighted by molar-refractivity contribution is 5.39. The molecule has 0 saturated heterocycles. The number of hydrogen-bond acceptors (Lipinski definition) is 3. The zero-order valence-electron chi connectivity index (χ0n) is 9.22. The number of aromatic nitrogens is 2. The van der Waals surface area contributed by atoms with Gasteiger partial charge in [0.15, 0.2) is 0 Å². The van der Waals surface area contributed by atoms with Crippen molar-refractivity contribution >= 4 is 5.69 Å². The molecule has 0 aliphatic carbocycles. The van der Waals surface area contributed by atoms with Crippen LogP contribution in [-0.2, 0) is 13.0 Å². The third-order valence-electron chi connectivity index (χ3n) is 2.49. The number of nitrogens with zero attached hydrogens (tertiary/aromatic N) is 1. The van der Waals surface area contributed by atoms with E-state index in [4.69, 9.17) is 5.73 Å². The Kier molecular flexibility index (Phi) is 3.09. The van der Waals surface area contributed by atoms with Crippen molar-refractivity contribution in [3.63, 3.8) is 0 Å². The summed E-state index contributed by atoms with van der Waals surface area (Å²) in [5.74, 6) is 0. The summed E-state index contributed by atoms with van der Waals surface area (Å²) in [5.41, 5.74) is 6.86. The molecule has 5 nitrogen and oxygen atoms in total. The van der Waals surface area contributed by atoms with E-state index in [1.165, 1.54) is 16.8 Å². The van der Waals surface area contributed by atoms with Crippen LogP contribution in [0.2, 0.25) is 0 Å². The van der Waals surface area contributed by atoms with Crippen LogP contribution in [0, 0.1) is 0 Å². The quantitative estimate of drug-likeness (QED) is 0.748. The van der Waals surface area contributed by atoms with Gasteiger partial charge in [-0.05, 0) is 24.1 Å². The highest BCUT2D eigenvalue weighted by atomic mass is 16.1. The van der Waals surface area contributed by atoms with E-state index in [1.54, 1.807) is 0 Å². The predicted octanol–water partition coefficient (Wildman–Crippen LogP) is 0.361. The number of nitrogen functional groups attached to an aromatic ring is 1. The fraction of sp³-hybridized carbons (Fsp3) is 0.167. The first-order valence-corrected chi connectivity index (χ1v) is 5.30. The Morgan fingerprint density at radius 2 is 1.76 bits per heavy atom. The molecule has 5 heteroatoms. The van der Waals surface area contributed by atoms with Gasteiger partial charge in [-0.2, -0.15) is 0 Å². The number of hydrogen-bond donors (Lipinski definition) is 2. The van der Waals surface area contributed by atoms with Crippen LogP contribution in [0.25, 0.3) is 0 Å². The average molecular weight is 231 g/mol. The molecule has 0 aliphatic rings. The van der Waals surface area contributed by atoms with Gasteiger partial charge < -0.3 is 5.73 Å². The number of nitrogens with one attached hydrogen (secondary N) is 1. The van der Waals surface area contributed by atoms with Gasteiger partial charge in [0.05, 0.1) is 0 Å². The van der Waals surface area contributed by atoms with E-state index >= 15 is 0 Å². The number of aromatic amines is 1. The number of nitrogens with two attached hydrogens (primary N) is 1. The van der Waals surface area contributed by atoms with Crippen molar-refractivity contribution in [1.29, 1.82) is 0 Å². The third kappa shape index (κ3) is 2.84. The number of aryl methyl sites for hydroxylation is 2. The van der Waals surface area contributed by atoms with Gasteiger partial charge in [0, 0.05) is 24.4 Å². The summed E-state index contributed by atoms with van der Waals surface area (Å²) in [7, 11) is 0. The molecule has 17 heavy (non-hydrogen) atoms. The van der Waals surface area contributed by atoms with Crippen molar-refractivity contribution in [2.75, 3.05) is 5.73 Å². The first-order chi connectivity index (χ1) is 8.15. The highest BCUT2D eigenvalue weighted by Crippen LogP contribution is 2.06. The van der Waals surface area contributed by atoms with Crippen molar-refractivity contribution in [3.05, 3.63) is 62.7 Å². The van der Waals surface area contributed by atoms with Gasteiger partial charge in [-0.1, -0.05) is 12.1 Å². The van der Waals surface area contributed by atoms with Crippen LogP contribution in [0.1, 0.15) is 5.56 Å². The normalized spacial score (nSPS) is 10.4. The van der Waals surface area contributed by atoms with Gasteiger partial charge in [0.2, 0.25) is 0 Å². The molecule has 1 aromatic heterocycles. The first-order valence-electron chi connectivity index (χ1n) is 5.30. The van der Waals surface area contributed by atoms with Crippen LogP contribution in [0.4, 0.5) is 5.69 Å². The van der Waals surface area contributed by atoms with Crippen LogP contribution in [0.15, 0.2) is 46.0 Å². The van der Waals surface area contributed by atoms with Gasteiger partial charge >= 0.3 is 0 Å². The van der Waals surface area contributed by atoms with E-state index in [0.29, 0.717) is 18.7 Å². The minimum Gasteiger partial charge on any atom is -0.399 e. The molecule has 0 aliphatic heterocycles. The number of rotatable bonds is 3. The van der Waals surface area contributed by atoms with E-state index in [1.807, 2.05) is 24.3 Å². The summed E-state index contributed by atoms with van der Waals surface area (Å²) in [6.45, 7) is 0.443. The van der Waals surface area contributed by atoms with Gasteiger partial charge in [-0.3, -0.25) is 14.7 Å². The Bertz CT molecular complexity index is 611. The van der Waals surface area contributed by atoms with Gasteiger partial charge in [-0.25, -0.2) is 4.68 Å². The van der Waals surface area contributed by atoms with E-state index in [-0.39, 0.29) is 11.1 Å². The van der Waals surface area contributed by atoms with Crippen molar-refractivity contribution in [1.82, 2.24) is 9.78 Å². The van der Waals surface area contributed by atoms with E-state index in [2.05, 4.69) is 5.10 Å². The molecular weight excluding hydrogens is 218 g/mol. The number of H-pyrrole nitrogens is 1. The largest absolute Gasteiger partial charge is 0.399 e. The van der Waals surface area contributed by atoms with Crippen molar-refractivity contribution in [2.45, 2.75) is 13.0 Å². The molecule has 0 atom stereocenters. The van der Waals surface area contributed by atoms with E-state index < -0.39 is 0 Å². The lowest BCUT2D eigenvalue weighted by Gasteiger charge is -2.05. The van der Waals surface area contributed by atoms with Crippen molar-refractivity contribution < 1.29 is 0 Å². The highest BCUT2D eigenvalue weighted by Gasteiger charge is 1.98. The summed E-state index contributed by atoms with van der Waals surface area (Å²) < 4.78 is 1.30. The summed E-state index contributed by atoms with van der Waals surface area (Å²) in [6, 6.07) is 9.92. The van der Waals surface area contributed by atoms with Crippen LogP contribution in [0.3, 0.4) is 0 Å². The van der Waals surface area contributed by atoms with Crippen LogP contribution in [-0.4, -0.2) is 9.78 Å². The molecule has 0 fully saturated rings. The third-order valence-corrected chi connectivity index (χ3v) is 2.49. The molecule has 2 aromatic rings. The number of benzene rings is 1. The Hall–Kier alpha value is -2.30. The maximum atomic E-state index is 11.4. The molecule has 88 valence electrons. The van der Waals surface area contributed by atoms with E-state index in [9.17, 15) is 9.59 Å². The van der Waals surface area contributed by atoms with Crippen molar-refractivity contribution in [3.8, 4) is 0 Å². The summed E-state index contributed by atoms with van der Waals surface area (Å²) >= 11 is 0. The number of anilines is 1. The predicted molar refractivity (Wildman–Crippen MR) is 65.9 cm³/mol. The second-order valence-electron chi connectivity index (χ2n) is 3.79. The topological polar surface area (TPSA) is 80.9 Å². The summed E-state index contributed by atoms with van der Waals surface area (Å²) in [4.78, 5) is 22.5. The van der Waals surface area contributed by atoms with Crippen LogP contribution >= 0.6 is 0 Å². The molecule has 0 radical (unpaired) electrons. The molecule has 0 saturated carbocycles. The molecular formula is C12H13N3O2. The molecule has 3 N–H and O–H groups in total. The zero-order chi connectivity index (χ0) is 12.3. The molecule has 0 spiro atoms. The maximum absolute atomic E-state index is 11.4. The fourth-order valence-electron chi connectivity index (χ4n) is 1.55. The lowest BCUT2D eigenvalue weighted by Crippen LogP contribution is -2.28. The maximum Gasteiger partial charge on any atom is 0.265 e. The van der Waals surface area contributed by atoms with Crippen molar-refractivity contribution in [2.24, 2.45) is 0 Å². The summed E-state index contributed by atoms with van der Waals surface area (Å²) in [6.07, 6.45) is 0.667. The molecule has 0 bridgehead atoms. The Morgan fingerprint density at radius 3 is 2.47 bits per heavy atom. The second kappa shape index (κ2) is 4.69. The summed E-state index contributed by atoms with van der Waals surface area (Å²) in [5, 5.41) is 2.48. The SMILES string of the molecule is Nc1ccc(CCn2[nH]c(=O)ccc2=O)cc1. The standard InChI is InChI=1S/C12H13N3O2/c13-10-3-1-9(2-4-10)7-8-15-12(17)6-5-11(16)14-15/h1-6H,7-8,13H2,(H,14,16). The fourth-order valence-corrected chi connectivity index (χ4v) is 1.55. The first kappa shape index (κ1) is 11.2. The molecule has 1 heterocycles. The van der Waals surface area contributed by atoms with Gasteiger partial charge in [0.1, 0.15) is 0 Å². The lowest BCUT2D eigenvalue weighted by atomic mass is 10.1. The second-order valence-corrected chi connectivity index (χ2v) is 3.79. The Labute approximate surface area is 97.5 Å². The molecule has 0 amide bonds. The monoisotopic (exact) mass is 231 g/mol. The van der Waals surface area contributed by atoms with Crippen LogP contribution < -0.4 is 16.9 Å². The Morgan fingerprint density at radius 1 is 1.06 bits per heavy atom. The van der Waals surface area contributed by atoms with Crippen LogP contribution in [0.5, 0.6) is 0 Å². The average Bonchev–Trinajstić information content (AvgIpc) is 2.32. The van der Waals surface area contributed by atoms with E-state index in [0.717, 1.165) is 5.56 Å². The zero-order valence-corrected chi connectivity index (χ0v) is 9.22. The smallest absolute Gasteiger partial charge is 0.265 e. The molecule has 0 unspecified atom stereocenters. The van der Waals surface area contributed by atoms with Gasteiger partial charge in [0.25, 0.3) is 11.1 Å². The molecule has 1 aromatic carbocycles.